The van der Waals surface area contributed by atoms with Gasteiger partial charge in [-0.15, -0.1) is 10.2 Å². The number of amides is 1. The van der Waals surface area contributed by atoms with E-state index in [2.05, 4.69) is 15.5 Å². The minimum Gasteiger partial charge on any atom is -0.317 e. The first kappa shape index (κ1) is 17.0. The zero-order valence-corrected chi connectivity index (χ0v) is 13.9. The minimum atomic E-state index is -0.597. The standard InChI is InChI=1S/C16H10N6O3S/c17-9-11(15(23)19-16-20-18-10-26-16)8-14-2-1-7-21(14)12-3-5-13(6-4-12)22(24)25/h1-8,10H,(H,19,20,23). The Balaban J connectivity index is 1.89. The van der Waals surface area contributed by atoms with Gasteiger partial charge < -0.3 is 4.57 Å². The van der Waals surface area contributed by atoms with Gasteiger partial charge in [0.1, 0.15) is 17.2 Å². The van der Waals surface area contributed by atoms with Gasteiger partial charge in [0, 0.05) is 29.7 Å². The largest absolute Gasteiger partial charge is 0.317 e. The van der Waals surface area contributed by atoms with Crippen LogP contribution in [0.4, 0.5) is 10.8 Å². The number of nitro benzene ring substituents is 1. The first-order valence-electron chi connectivity index (χ1n) is 7.20. The average molecular weight is 366 g/mol. The van der Waals surface area contributed by atoms with Gasteiger partial charge in [0.05, 0.1) is 4.92 Å². The van der Waals surface area contributed by atoms with Crippen molar-refractivity contribution < 1.29 is 9.72 Å². The molecule has 9 nitrogen and oxygen atoms in total. The highest BCUT2D eigenvalue weighted by molar-refractivity contribution is 7.13. The number of non-ortho nitro benzene ring substituents is 1. The fourth-order valence-corrected chi connectivity index (χ4v) is 2.61. The fourth-order valence-electron chi connectivity index (χ4n) is 2.17. The van der Waals surface area contributed by atoms with Gasteiger partial charge in [0.2, 0.25) is 5.13 Å². The smallest absolute Gasteiger partial charge is 0.269 e. The molecule has 0 aliphatic heterocycles. The van der Waals surface area contributed by atoms with E-state index in [9.17, 15) is 20.2 Å². The number of nitriles is 1. The lowest BCUT2D eigenvalue weighted by molar-refractivity contribution is -0.384. The van der Waals surface area contributed by atoms with Crippen LogP contribution in [-0.4, -0.2) is 25.6 Å². The second kappa shape index (κ2) is 7.37. The highest BCUT2D eigenvalue weighted by Gasteiger charge is 2.13. The quantitative estimate of drug-likeness (QED) is 0.320. The Bertz CT molecular complexity index is 1020. The normalized spacial score (nSPS) is 11.0. The molecule has 1 amide bonds. The molecule has 0 unspecified atom stereocenters. The number of nitrogens with one attached hydrogen (secondary N) is 1. The Hall–Kier alpha value is -3.84. The molecule has 0 radical (unpaired) electrons. The number of carbonyl (C=O) groups excluding carboxylic acids is 1. The van der Waals surface area contributed by atoms with Crippen molar-refractivity contribution in [2.75, 3.05) is 5.32 Å². The van der Waals surface area contributed by atoms with Gasteiger partial charge >= 0.3 is 0 Å². The first-order valence-corrected chi connectivity index (χ1v) is 8.08. The van der Waals surface area contributed by atoms with E-state index in [1.54, 1.807) is 35.0 Å². The zero-order valence-electron chi connectivity index (χ0n) is 13.1. The van der Waals surface area contributed by atoms with Crippen LogP contribution in [0.1, 0.15) is 5.69 Å². The van der Waals surface area contributed by atoms with Gasteiger partial charge in [-0.1, -0.05) is 11.3 Å². The van der Waals surface area contributed by atoms with Gasteiger partial charge in [-0.05, 0) is 30.3 Å². The summed E-state index contributed by atoms with van der Waals surface area (Å²) in [4.78, 5) is 22.5. The third-order valence-electron chi connectivity index (χ3n) is 3.36. The third-order valence-corrected chi connectivity index (χ3v) is 3.96. The maximum absolute atomic E-state index is 12.2. The summed E-state index contributed by atoms with van der Waals surface area (Å²) in [5.41, 5.74) is 2.57. The molecule has 128 valence electrons. The monoisotopic (exact) mass is 366 g/mol. The molecule has 26 heavy (non-hydrogen) atoms. The van der Waals surface area contributed by atoms with E-state index in [-0.39, 0.29) is 11.3 Å². The average Bonchev–Trinajstić information content (AvgIpc) is 3.31. The summed E-state index contributed by atoms with van der Waals surface area (Å²) in [6.45, 7) is 0. The van der Waals surface area contributed by atoms with Crippen molar-refractivity contribution in [3.63, 3.8) is 0 Å². The molecule has 0 spiro atoms. The molecular formula is C16H10N6O3S. The molecule has 2 aromatic heterocycles. The number of hydrogen-bond donors (Lipinski definition) is 1. The van der Waals surface area contributed by atoms with Crippen molar-refractivity contribution in [3.05, 3.63) is 69.5 Å². The Morgan fingerprint density at radius 3 is 2.73 bits per heavy atom. The molecular weight excluding hydrogens is 356 g/mol. The van der Waals surface area contributed by atoms with Crippen LogP contribution in [0.15, 0.2) is 53.7 Å². The Labute approximate surface area is 151 Å². The summed E-state index contributed by atoms with van der Waals surface area (Å²) in [6.07, 6.45) is 3.16. The summed E-state index contributed by atoms with van der Waals surface area (Å²) >= 11 is 1.14. The van der Waals surface area contributed by atoms with Gasteiger partial charge in [-0.3, -0.25) is 20.2 Å². The van der Waals surface area contributed by atoms with Crippen LogP contribution in [0.5, 0.6) is 0 Å². The van der Waals surface area contributed by atoms with E-state index in [1.807, 2.05) is 6.07 Å². The fraction of sp³-hybridized carbons (Fsp3) is 0. The number of benzene rings is 1. The number of anilines is 1. The van der Waals surface area contributed by atoms with E-state index in [4.69, 9.17) is 0 Å². The highest BCUT2D eigenvalue weighted by Crippen LogP contribution is 2.19. The van der Waals surface area contributed by atoms with E-state index in [0.717, 1.165) is 11.3 Å². The van der Waals surface area contributed by atoms with Gasteiger partial charge in [0.15, 0.2) is 0 Å². The topological polar surface area (TPSA) is 127 Å². The summed E-state index contributed by atoms with van der Waals surface area (Å²) in [5.74, 6) is -0.597. The molecule has 1 aromatic carbocycles. The lowest BCUT2D eigenvalue weighted by Crippen LogP contribution is -2.13. The van der Waals surface area contributed by atoms with E-state index < -0.39 is 10.8 Å². The van der Waals surface area contributed by atoms with Crippen molar-refractivity contribution in [2.24, 2.45) is 0 Å². The Kier molecular flexibility index (Phi) is 4.82. The molecule has 3 rings (SSSR count). The van der Waals surface area contributed by atoms with Crippen molar-refractivity contribution in [3.8, 4) is 11.8 Å². The predicted molar refractivity (Wildman–Crippen MR) is 94.6 cm³/mol. The molecule has 0 bridgehead atoms. The van der Waals surface area contributed by atoms with Gasteiger partial charge in [0.25, 0.3) is 11.6 Å². The molecule has 0 fully saturated rings. The van der Waals surface area contributed by atoms with Crippen molar-refractivity contribution in [1.82, 2.24) is 14.8 Å². The summed E-state index contributed by atoms with van der Waals surface area (Å²) in [5, 5.41) is 30.1. The van der Waals surface area contributed by atoms with E-state index in [0.29, 0.717) is 16.5 Å². The van der Waals surface area contributed by atoms with Crippen molar-refractivity contribution >= 4 is 34.1 Å². The van der Waals surface area contributed by atoms with Crippen LogP contribution < -0.4 is 5.32 Å². The summed E-state index contributed by atoms with van der Waals surface area (Å²) in [7, 11) is 0. The summed E-state index contributed by atoms with van der Waals surface area (Å²) < 4.78 is 1.71. The van der Waals surface area contributed by atoms with Crippen LogP contribution in [0.3, 0.4) is 0 Å². The molecule has 0 saturated heterocycles. The number of nitrogens with zero attached hydrogens (tertiary/aromatic N) is 5. The first-order chi connectivity index (χ1) is 12.6. The third kappa shape index (κ3) is 3.63. The van der Waals surface area contributed by atoms with Crippen LogP contribution in [0.25, 0.3) is 11.8 Å². The number of nitro groups is 1. The van der Waals surface area contributed by atoms with Gasteiger partial charge in [-0.25, -0.2) is 0 Å². The number of carbonyl (C=O) groups is 1. The lowest BCUT2D eigenvalue weighted by Gasteiger charge is -2.07. The highest BCUT2D eigenvalue weighted by atomic mass is 32.1. The molecule has 10 heteroatoms. The molecule has 0 atom stereocenters. The maximum Gasteiger partial charge on any atom is 0.269 e. The molecule has 1 N–H and O–H groups in total. The second-order valence-corrected chi connectivity index (χ2v) is 5.78. The second-order valence-electron chi connectivity index (χ2n) is 4.94. The van der Waals surface area contributed by atoms with Crippen LogP contribution in [0.2, 0.25) is 0 Å². The number of aromatic nitrogens is 3. The molecule has 0 aliphatic rings. The molecule has 0 aliphatic carbocycles. The van der Waals surface area contributed by atoms with Crippen LogP contribution in [-0.2, 0) is 4.79 Å². The zero-order chi connectivity index (χ0) is 18.5. The van der Waals surface area contributed by atoms with Crippen LogP contribution in [0, 0.1) is 21.4 Å². The minimum absolute atomic E-state index is 0.0212. The van der Waals surface area contributed by atoms with Crippen molar-refractivity contribution in [1.29, 1.82) is 5.26 Å². The lowest BCUT2D eigenvalue weighted by atomic mass is 10.2. The number of rotatable bonds is 5. The summed E-state index contributed by atoms with van der Waals surface area (Å²) in [6, 6.07) is 11.3. The number of hydrogen-bond acceptors (Lipinski definition) is 7. The Morgan fingerprint density at radius 1 is 1.35 bits per heavy atom. The molecule has 2 heterocycles. The molecule has 0 saturated carbocycles. The van der Waals surface area contributed by atoms with E-state index in [1.165, 1.54) is 23.7 Å². The SMILES string of the molecule is N#CC(=Cc1cccn1-c1ccc([N+](=O)[O-])cc1)C(=O)Nc1nncs1. The Morgan fingerprint density at radius 2 is 2.12 bits per heavy atom. The maximum atomic E-state index is 12.2. The predicted octanol–water partition coefficient (Wildman–Crippen LogP) is 2.78. The van der Waals surface area contributed by atoms with Gasteiger partial charge in [-0.2, -0.15) is 5.26 Å². The molecule has 3 aromatic rings. The van der Waals surface area contributed by atoms with E-state index >= 15 is 0 Å². The van der Waals surface area contributed by atoms with Crippen LogP contribution >= 0.6 is 11.3 Å². The van der Waals surface area contributed by atoms with Crippen molar-refractivity contribution in [2.45, 2.75) is 0 Å².